The van der Waals surface area contributed by atoms with Gasteiger partial charge in [0, 0.05) is 18.9 Å². The van der Waals surface area contributed by atoms with Gasteiger partial charge in [-0.25, -0.2) is 19.3 Å². The summed E-state index contributed by atoms with van der Waals surface area (Å²) in [5.74, 6) is -0.302. The molecule has 3 aromatic rings. The van der Waals surface area contributed by atoms with Gasteiger partial charge in [-0.15, -0.1) is 5.10 Å². The predicted octanol–water partition coefficient (Wildman–Crippen LogP) is 2.58. The lowest BCUT2D eigenvalue weighted by Gasteiger charge is -2.33. The van der Waals surface area contributed by atoms with Gasteiger partial charge in [0.25, 0.3) is 0 Å². The molecule has 2 aliphatic rings. The highest BCUT2D eigenvalue weighted by molar-refractivity contribution is 5.87. The monoisotopic (exact) mass is 496 g/mol. The molecular weight excluding hydrogens is 464 g/mol. The Kier molecular flexibility index (Phi) is 6.42. The Morgan fingerprint density at radius 3 is 2.72 bits per heavy atom. The molecule has 0 N–H and O–H groups in total. The molecule has 1 aliphatic carbocycles. The van der Waals surface area contributed by atoms with Crippen molar-refractivity contribution in [2.24, 2.45) is 0 Å². The molecule has 0 bridgehead atoms. The second-order valence-electron chi connectivity index (χ2n) is 10.3. The van der Waals surface area contributed by atoms with E-state index in [1.807, 2.05) is 31.4 Å². The van der Waals surface area contributed by atoms with E-state index in [1.165, 1.54) is 18.4 Å². The summed E-state index contributed by atoms with van der Waals surface area (Å²) in [4.78, 5) is 31.7. The van der Waals surface area contributed by atoms with Crippen LogP contribution in [0.15, 0.2) is 24.7 Å². The molecule has 192 valence electrons. The molecule has 1 atom stereocenters. The number of carbonyl (C=O) groups excluding carboxylic acids is 2. The average Bonchev–Trinajstić information content (AvgIpc) is 3.44. The maximum absolute atomic E-state index is 12.3. The number of anilines is 1. The summed E-state index contributed by atoms with van der Waals surface area (Å²) in [5, 5.41) is 8.05. The molecule has 0 spiro atoms. The predicted molar refractivity (Wildman–Crippen MR) is 130 cm³/mol. The number of nitrogens with zero attached hydrogens (tertiary/aromatic N) is 6. The minimum atomic E-state index is -0.626. The van der Waals surface area contributed by atoms with Gasteiger partial charge in [0.2, 0.25) is 0 Å². The molecule has 36 heavy (non-hydrogen) atoms. The van der Waals surface area contributed by atoms with Crippen LogP contribution in [0.4, 0.5) is 5.69 Å². The fourth-order valence-electron chi connectivity index (χ4n) is 4.31. The minimum absolute atomic E-state index is 0.156. The summed E-state index contributed by atoms with van der Waals surface area (Å²) in [6.07, 6.45) is 7.40. The third kappa shape index (κ3) is 5.35. The number of rotatable bonds is 7. The SMILES string of the molecule is CCOC(=O)C1CN(c2cc(C3CC3)cn3cc(Cn4cc(C(=O)OC(C)(C)C)nn4)nc23)CCO1. The van der Waals surface area contributed by atoms with Gasteiger partial charge < -0.3 is 23.5 Å². The third-order valence-electron chi connectivity index (χ3n) is 6.08. The van der Waals surface area contributed by atoms with Gasteiger partial charge in [0.15, 0.2) is 17.4 Å². The van der Waals surface area contributed by atoms with Crippen molar-refractivity contribution < 1.29 is 23.8 Å². The smallest absolute Gasteiger partial charge is 0.361 e. The Morgan fingerprint density at radius 1 is 1.19 bits per heavy atom. The lowest BCUT2D eigenvalue weighted by Crippen LogP contribution is -2.47. The Labute approximate surface area is 209 Å². The van der Waals surface area contributed by atoms with Crippen LogP contribution in [0.2, 0.25) is 0 Å². The van der Waals surface area contributed by atoms with Gasteiger partial charge in [-0.05, 0) is 58.1 Å². The first-order valence-electron chi connectivity index (χ1n) is 12.4. The van der Waals surface area contributed by atoms with Crippen LogP contribution < -0.4 is 4.90 Å². The number of imidazole rings is 1. The normalized spacial score (nSPS) is 18.4. The van der Waals surface area contributed by atoms with Crippen LogP contribution in [-0.4, -0.2) is 74.3 Å². The number of hydrogen-bond acceptors (Lipinski definition) is 9. The molecule has 1 unspecified atom stereocenters. The molecule has 3 aromatic heterocycles. The zero-order chi connectivity index (χ0) is 25.4. The maximum atomic E-state index is 12.3. The first-order valence-corrected chi connectivity index (χ1v) is 12.4. The molecule has 1 saturated carbocycles. The van der Waals surface area contributed by atoms with E-state index in [-0.39, 0.29) is 11.7 Å². The van der Waals surface area contributed by atoms with E-state index in [2.05, 4.69) is 27.5 Å². The largest absolute Gasteiger partial charge is 0.464 e. The summed E-state index contributed by atoms with van der Waals surface area (Å²) in [6.45, 7) is 9.39. The Hall–Kier alpha value is -3.47. The highest BCUT2D eigenvalue weighted by Gasteiger charge is 2.31. The number of aromatic nitrogens is 5. The van der Waals surface area contributed by atoms with E-state index in [4.69, 9.17) is 19.2 Å². The third-order valence-corrected chi connectivity index (χ3v) is 6.08. The number of fused-ring (bicyclic) bond motifs is 1. The number of esters is 2. The van der Waals surface area contributed by atoms with Crippen LogP contribution in [0, 0.1) is 0 Å². The first kappa shape index (κ1) is 24.2. The van der Waals surface area contributed by atoms with E-state index in [1.54, 1.807) is 17.8 Å². The molecular formula is C25H32N6O5. The van der Waals surface area contributed by atoms with E-state index >= 15 is 0 Å². The second kappa shape index (κ2) is 9.53. The Bertz CT molecular complexity index is 1270. The van der Waals surface area contributed by atoms with Gasteiger partial charge in [0.1, 0.15) is 5.60 Å². The van der Waals surface area contributed by atoms with E-state index < -0.39 is 17.7 Å². The standard InChI is InChI=1S/C25H32N6O5/c1-5-34-24(33)21-15-29(8-9-35-21)20-10-17(16-6-7-16)11-30-12-18(26-22(20)30)13-31-14-19(27-28-31)23(32)36-25(2,3)4/h10-12,14,16,21H,5-9,13,15H2,1-4H3. The Balaban J connectivity index is 1.40. The van der Waals surface area contributed by atoms with Crippen molar-refractivity contribution in [3.05, 3.63) is 41.6 Å². The summed E-state index contributed by atoms with van der Waals surface area (Å²) < 4.78 is 19.9. The number of carbonyl (C=O) groups is 2. The van der Waals surface area contributed by atoms with Gasteiger partial charge in [0.05, 0.1) is 43.9 Å². The number of pyridine rings is 1. The topological polar surface area (TPSA) is 113 Å². The molecule has 2 fully saturated rings. The number of ether oxygens (including phenoxy) is 3. The van der Waals surface area contributed by atoms with E-state index in [0.29, 0.717) is 38.8 Å². The number of morpholine rings is 1. The van der Waals surface area contributed by atoms with Gasteiger partial charge in [-0.2, -0.15) is 0 Å². The quantitative estimate of drug-likeness (QED) is 0.455. The van der Waals surface area contributed by atoms with E-state index in [9.17, 15) is 9.59 Å². The van der Waals surface area contributed by atoms with Crippen molar-refractivity contribution in [2.45, 2.75) is 64.7 Å². The van der Waals surface area contributed by atoms with Crippen molar-refractivity contribution in [3.63, 3.8) is 0 Å². The zero-order valence-corrected chi connectivity index (χ0v) is 21.1. The molecule has 11 heteroatoms. The van der Waals surface area contributed by atoms with Crippen LogP contribution in [0.1, 0.15) is 68.2 Å². The van der Waals surface area contributed by atoms with Crippen LogP contribution in [0.3, 0.4) is 0 Å². The van der Waals surface area contributed by atoms with Gasteiger partial charge >= 0.3 is 11.9 Å². The summed E-state index contributed by atoms with van der Waals surface area (Å²) in [5.41, 5.74) is 3.35. The number of hydrogen-bond donors (Lipinski definition) is 0. The van der Waals surface area contributed by atoms with Gasteiger partial charge in [-0.3, -0.25) is 0 Å². The molecule has 1 aliphatic heterocycles. The summed E-state index contributed by atoms with van der Waals surface area (Å²) >= 11 is 0. The minimum Gasteiger partial charge on any atom is -0.464 e. The Morgan fingerprint density at radius 2 is 2.00 bits per heavy atom. The van der Waals surface area contributed by atoms with Crippen molar-refractivity contribution in [3.8, 4) is 0 Å². The van der Waals surface area contributed by atoms with Crippen LogP contribution in [0.5, 0.6) is 0 Å². The lowest BCUT2D eigenvalue weighted by atomic mass is 10.1. The fraction of sp³-hybridized carbons (Fsp3) is 0.560. The second-order valence-corrected chi connectivity index (χ2v) is 10.3. The highest BCUT2D eigenvalue weighted by atomic mass is 16.6. The maximum Gasteiger partial charge on any atom is 0.361 e. The van der Waals surface area contributed by atoms with Crippen LogP contribution in [0.25, 0.3) is 5.65 Å². The molecule has 0 aromatic carbocycles. The fourth-order valence-corrected chi connectivity index (χ4v) is 4.31. The zero-order valence-electron chi connectivity index (χ0n) is 21.1. The molecule has 4 heterocycles. The molecule has 1 saturated heterocycles. The summed E-state index contributed by atoms with van der Waals surface area (Å²) in [7, 11) is 0. The van der Waals surface area contributed by atoms with E-state index in [0.717, 1.165) is 17.0 Å². The average molecular weight is 497 g/mol. The van der Waals surface area contributed by atoms with Crippen molar-refractivity contribution in [1.82, 2.24) is 24.4 Å². The van der Waals surface area contributed by atoms with Crippen molar-refractivity contribution in [1.29, 1.82) is 0 Å². The molecule has 0 radical (unpaired) electrons. The lowest BCUT2D eigenvalue weighted by molar-refractivity contribution is -0.157. The molecule has 5 rings (SSSR count). The van der Waals surface area contributed by atoms with Crippen molar-refractivity contribution >= 4 is 23.3 Å². The summed E-state index contributed by atoms with van der Waals surface area (Å²) in [6, 6.07) is 2.19. The van der Waals surface area contributed by atoms with Crippen LogP contribution in [-0.2, 0) is 25.5 Å². The van der Waals surface area contributed by atoms with Crippen LogP contribution >= 0.6 is 0 Å². The highest BCUT2D eigenvalue weighted by Crippen LogP contribution is 2.42. The molecule has 0 amide bonds. The molecule has 11 nitrogen and oxygen atoms in total. The van der Waals surface area contributed by atoms with Gasteiger partial charge in [-0.1, -0.05) is 5.21 Å². The first-order chi connectivity index (χ1) is 17.2. The van der Waals surface area contributed by atoms with Crippen molar-refractivity contribution in [2.75, 3.05) is 31.2 Å².